The lowest BCUT2D eigenvalue weighted by atomic mass is 9.71. The summed E-state index contributed by atoms with van der Waals surface area (Å²) in [5.41, 5.74) is 1.58. The summed E-state index contributed by atoms with van der Waals surface area (Å²) >= 11 is 0. The second-order valence-corrected chi connectivity index (χ2v) is 5.70. The second-order valence-electron chi connectivity index (χ2n) is 5.70. The third-order valence-corrected chi connectivity index (χ3v) is 3.47. The smallest absolute Gasteiger partial charge is 0.180 e. The number of hydrogen-bond acceptors (Lipinski definition) is 2. The van der Waals surface area contributed by atoms with Crippen molar-refractivity contribution in [3.63, 3.8) is 0 Å². The number of rotatable bonds is 1. The summed E-state index contributed by atoms with van der Waals surface area (Å²) in [5.74, 6) is 0.780. The molecule has 2 nitrogen and oxygen atoms in total. The van der Waals surface area contributed by atoms with Crippen LogP contribution in [0.3, 0.4) is 0 Å². The predicted octanol–water partition coefficient (Wildman–Crippen LogP) is 3.13. The Labute approximate surface area is 92.6 Å². The van der Waals surface area contributed by atoms with Gasteiger partial charge in [0.15, 0.2) is 6.29 Å². The van der Waals surface area contributed by atoms with Gasteiger partial charge in [-0.3, -0.25) is 0 Å². The van der Waals surface area contributed by atoms with Crippen LogP contribution in [0.1, 0.15) is 40.5 Å². The van der Waals surface area contributed by atoms with Crippen LogP contribution in [0.4, 0.5) is 0 Å². The van der Waals surface area contributed by atoms with Gasteiger partial charge in [0.05, 0.1) is 12.7 Å². The zero-order valence-corrected chi connectivity index (χ0v) is 10.2. The molecule has 1 aliphatic carbocycles. The Morgan fingerprint density at radius 3 is 2.60 bits per heavy atom. The van der Waals surface area contributed by atoms with E-state index >= 15 is 0 Å². The predicted molar refractivity (Wildman–Crippen MR) is 60.5 cm³/mol. The van der Waals surface area contributed by atoms with Crippen LogP contribution in [-0.4, -0.2) is 19.0 Å². The Balaban J connectivity index is 2.14. The van der Waals surface area contributed by atoms with Gasteiger partial charge in [-0.25, -0.2) is 0 Å². The molecule has 2 heteroatoms. The fourth-order valence-electron chi connectivity index (χ4n) is 2.77. The molecule has 0 N–H and O–H groups in total. The van der Waals surface area contributed by atoms with Crippen molar-refractivity contribution in [2.75, 3.05) is 6.61 Å². The molecule has 0 saturated carbocycles. The van der Waals surface area contributed by atoms with Gasteiger partial charge >= 0.3 is 0 Å². The van der Waals surface area contributed by atoms with Gasteiger partial charge in [-0.2, -0.15) is 0 Å². The molecule has 1 fully saturated rings. The maximum absolute atomic E-state index is 5.78. The van der Waals surface area contributed by atoms with E-state index in [9.17, 15) is 0 Å². The molecule has 0 radical (unpaired) electrons. The standard InChI is InChI=1S/C13H22O2/c1-9-5-6-11(13(3,4)7-9)12-14-8-10(2)15-12/h6,9-10,12H,5,7-8H2,1-4H3. The van der Waals surface area contributed by atoms with Crippen LogP contribution >= 0.6 is 0 Å². The molecule has 0 aromatic rings. The van der Waals surface area contributed by atoms with E-state index in [1.807, 2.05) is 0 Å². The minimum Gasteiger partial charge on any atom is -0.346 e. The molecule has 1 aliphatic heterocycles. The fraction of sp³-hybridized carbons (Fsp3) is 0.846. The summed E-state index contributed by atoms with van der Waals surface area (Å²) in [4.78, 5) is 0. The van der Waals surface area contributed by atoms with E-state index < -0.39 is 0 Å². The highest BCUT2D eigenvalue weighted by Gasteiger charge is 2.37. The molecule has 86 valence electrons. The zero-order chi connectivity index (χ0) is 11.1. The summed E-state index contributed by atoms with van der Waals surface area (Å²) in [7, 11) is 0. The van der Waals surface area contributed by atoms with Crippen LogP contribution in [0.15, 0.2) is 11.6 Å². The topological polar surface area (TPSA) is 18.5 Å². The molecule has 1 heterocycles. The molecular formula is C13H22O2. The van der Waals surface area contributed by atoms with E-state index in [1.54, 1.807) is 0 Å². The first-order valence-electron chi connectivity index (χ1n) is 5.96. The molecule has 15 heavy (non-hydrogen) atoms. The van der Waals surface area contributed by atoms with Crippen molar-refractivity contribution in [2.45, 2.75) is 52.9 Å². The first-order chi connectivity index (χ1) is 6.99. The Bertz CT molecular complexity index is 268. The van der Waals surface area contributed by atoms with Gasteiger partial charge in [0.25, 0.3) is 0 Å². The second kappa shape index (κ2) is 3.91. The molecule has 1 saturated heterocycles. The molecule has 2 aliphatic rings. The van der Waals surface area contributed by atoms with Crippen LogP contribution in [0.25, 0.3) is 0 Å². The summed E-state index contributed by atoms with van der Waals surface area (Å²) in [6.45, 7) is 9.70. The SMILES string of the molecule is CC1CC=C(C2OCC(C)O2)C(C)(C)C1. The van der Waals surface area contributed by atoms with Crippen LogP contribution in [0.5, 0.6) is 0 Å². The van der Waals surface area contributed by atoms with Crippen LogP contribution < -0.4 is 0 Å². The van der Waals surface area contributed by atoms with Crippen molar-refractivity contribution in [1.82, 2.24) is 0 Å². The summed E-state index contributed by atoms with van der Waals surface area (Å²) in [5, 5.41) is 0. The Morgan fingerprint density at radius 1 is 1.33 bits per heavy atom. The third-order valence-electron chi connectivity index (χ3n) is 3.47. The van der Waals surface area contributed by atoms with Gasteiger partial charge in [-0.15, -0.1) is 0 Å². The average Bonchev–Trinajstić information content (AvgIpc) is 2.49. The maximum atomic E-state index is 5.78. The van der Waals surface area contributed by atoms with E-state index in [4.69, 9.17) is 9.47 Å². The van der Waals surface area contributed by atoms with Gasteiger partial charge in [-0.05, 0) is 36.7 Å². The summed E-state index contributed by atoms with van der Waals surface area (Å²) in [6.07, 6.45) is 4.89. The van der Waals surface area contributed by atoms with Gasteiger partial charge in [0.1, 0.15) is 0 Å². The van der Waals surface area contributed by atoms with Crippen molar-refractivity contribution in [3.05, 3.63) is 11.6 Å². The monoisotopic (exact) mass is 210 g/mol. The maximum Gasteiger partial charge on any atom is 0.180 e. The van der Waals surface area contributed by atoms with E-state index in [0.717, 1.165) is 18.9 Å². The van der Waals surface area contributed by atoms with Crippen LogP contribution in [0.2, 0.25) is 0 Å². The average molecular weight is 210 g/mol. The van der Waals surface area contributed by atoms with Crippen molar-refractivity contribution >= 4 is 0 Å². The van der Waals surface area contributed by atoms with E-state index in [-0.39, 0.29) is 17.8 Å². The summed E-state index contributed by atoms with van der Waals surface area (Å²) < 4.78 is 11.5. The highest BCUT2D eigenvalue weighted by Crippen LogP contribution is 2.43. The first kappa shape index (κ1) is 11.2. The Morgan fingerprint density at radius 2 is 2.07 bits per heavy atom. The molecule has 3 unspecified atom stereocenters. The first-order valence-corrected chi connectivity index (χ1v) is 5.96. The Hall–Kier alpha value is -0.340. The molecule has 0 amide bonds. The number of allylic oxidation sites excluding steroid dienone is 1. The van der Waals surface area contributed by atoms with E-state index in [0.29, 0.717) is 0 Å². The van der Waals surface area contributed by atoms with Crippen molar-refractivity contribution < 1.29 is 9.47 Å². The molecular weight excluding hydrogens is 188 g/mol. The Kier molecular flexibility index (Phi) is 2.91. The number of hydrogen-bond donors (Lipinski definition) is 0. The van der Waals surface area contributed by atoms with Gasteiger partial charge in [0.2, 0.25) is 0 Å². The highest BCUT2D eigenvalue weighted by atomic mass is 16.7. The lowest BCUT2D eigenvalue weighted by molar-refractivity contribution is -0.0409. The minimum absolute atomic E-state index is 0.0810. The quantitative estimate of drug-likeness (QED) is 0.619. The lowest BCUT2D eigenvalue weighted by Crippen LogP contribution is -2.30. The van der Waals surface area contributed by atoms with Gasteiger partial charge in [-0.1, -0.05) is 26.8 Å². The molecule has 0 aromatic heterocycles. The van der Waals surface area contributed by atoms with Gasteiger partial charge < -0.3 is 9.47 Å². The molecule has 2 rings (SSSR count). The van der Waals surface area contributed by atoms with Crippen molar-refractivity contribution in [1.29, 1.82) is 0 Å². The summed E-state index contributed by atoms with van der Waals surface area (Å²) in [6, 6.07) is 0. The third kappa shape index (κ3) is 2.26. The molecule has 0 aromatic carbocycles. The highest BCUT2D eigenvalue weighted by molar-refractivity contribution is 5.19. The number of ether oxygens (including phenoxy) is 2. The van der Waals surface area contributed by atoms with Crippen molar-refractivity contribution in [2.24, 2.45) is 11.3 Å². The van der Waals surface area contributed by atoms with E-state index in [2.05, 4.69) is 33.8 Å². The minimum atomic E-state index is -0.0810. The lowest BCUT2D eigenvalue weighted by Gasteiger charge is -2.37. The molecule has 0 spiro atoms. The molecule has 0 bridgehead atoms. The van der Waals surface area contributed by atoms with E-state index in [1.165, 1.54) is 12.0 Å². The largest absolute Gasteiger partial charge is 0.346 e. The zero-order valence-electron chi connectivity index (χ0n) is 10.2. The van der Waals surface area contributed by atoms with Crippen LogP contribution in [0, 0.1) is 11.3 Å². The van der Waals surface area contributed by atoms with Crippen LogP contribution in [-0.2, 0) is 9.47 Å². The van der Waals surface area contributed by atoms with Gasteiger partial charge in [0, 0.05) is 0 Å². The van der Waals surface area contributed by atoms with Crippen molar-refractivity contribution in [3.8, 4) is 0 Å². The normalized spacial score (nSPS) is 40.3. The fourth-order valence-corrected chi connectivity index (χ4v) is 2.77. The molecule has 3 atom stereocenters.